The molecule has 0 radical (unpaired) electrons. The highest BCUT2D eigenvalue weighted by Crippen LogP contribution is 2.65. The number of ether oxygens (including phenoxy) is 1. The highest BCUT2D eigenvalue weighted by atomic mass is 28.4. The lowest BCUT2D eigenvalue weighted by atomic mass is 9.49. The van der Waals surface area contributed by atoms with E-state index >= 15 is 0 Å². The number of nitrogens with zero attached hydrogens (tertiary/aromatic N) is 1. The van der Waals surface area contributed by atoms with E-state index in [4.69, 9.17) is 13.6 Å². The van der Waals surface area contributed by atoms with Crippen LogP contribution in [0.25, 0.3) is 0 Å². The standard InChI is InChI=1S/C38H67NO4Si2/c1-26(41-23-21-34(40)39(10)11)30-18-19-31-29-17-16-27-24-28(42-44(12,13)35(2,3)4)25-33(43-45(14,15)36(5,6)7)38(27,9)32(29)20-22-37(30,31)8/h16-18,26,28,31-33H,19-25H2,1-15H3/t26-,28+,31-,32-,33-,37+,38-/m0/s1. The fraction of sp³-hybridized carbons (Fsp3) is 0.816. The van der Waals surface area contributed by atoms with Crippen molar-refractivity contribution in [3.63, 3.8) is 0 Å². The number of hydrogen-bond acceptors (Lipinski definition) is 4. The van der Waals surface area contributed by atoms with Gasteiger partial charge in [-0.1, -0.05) is 84.8 Å². The van der Waals surface area contributed by atoms with E-state index in [-0.39, 0.29) is 45.1 Å². The van der Waals surface area contributed by atoms with Gasteiger partial charge in [0.25, 0.3) is 0 Å². The van der Waals surface area contributed by atoms with Crippen molar-refractivity contribution in [3.8, 4) is 0 Å². The van der Waals surface area contributed by atoms with E-state index in [1.807, 2.05) is 14.1 Å². The number of rotatable bonds is 9. The molecule has 0 N–H and O–H groups in total. The minimum atomic E-state index is -2.04. The Morgan fingerprint density at radius 2 is 1.58 bits per heavy atom. The van der Waals surface area contributed by atoms with Crippen molar-refractivity contribution in [1.29, 1.82) is 0 Å². The molecule has 2 fully saturated rings. The Morgan fingerprint density at radius 1 is 0.978 bits per heavy atom. The van der Waals surface area contributed by atoms with Gasteiger partial charge in [0.1, 0.15) is 0 Å². The summed E-state index contributed by atoms with van der Waals surface area (Å²) in [4.78, 5) is 13.8. The molecular formula is C38H67NO4Si2. The molecule has 5 nitrogen and oxygen atoms in total. The van der Waals surface area contributed by atoms with Gasteiger partial charge in [0.2, 0.25) is 5.91 Å². The van der Waals surface area contributed by atoms with Crippen LogP contribution in [0, 0.1) is 22.7 Å². The normalized spacial score (nSPS) is 32.9. The largest absolute Gasteiger partial charge is 0.414 e. The number of carbonyl (C=O) groups excluding carboxylic acids is 1. The first kappa shape index (κ1) is 36.8. The second-order valence-electron chi connectivity index (χ2n) is 18.5. The number of fused-ring (bicyclic) bond motifs is 5. The van der Waals surface area contributed by atoms with Gasteiger partial charge in [0.15, 0.2) is 16.6 Å². The van der Waals surface area contributed by atoms with Crippen molar-refractivity contribution in [3.05, 3.63) is 34.9 Å². The zero-order chi connectivity index (χ0) is 34.0. The summed E-state index contributed by atoms with van der Waals surface area (Å²) < 4.78 is 21.0. The predicted octanol–water partition coefficient (Wildman–Crippen LogP) is 9.68. The van der Waals surface area contributed by atoms with Gasteiger partial charge in [-0.25, -0.2) is 0 Å². The number of amides is 1. The maximum atomic E-state index is 12.1. The zero-order valence-corrected chi connectivity index (χ0v) is 33.6. The molecule has 256 valence electrons. The van der Waals surface area contributed by atoms with E-state index in [0.29, 0.717) is 24.9 Å². The molecular weight excluding hydrogens is 591 g/mol. The molecule has 0 aromatic rings. The minimum absolute atomic E-state index is 0.0222. The van der Waals surface area contributed by atoms with Gasteiger partial charge in [-0.3, -0.25) is 4.79 Å². The molecule has 7 atom stereocenters. The highest BCUT2D eigenvalue weighted by molar-refractivity contribution is 6.74. The van der Waals surface area contributed by atoms with Crippen molar-refractivity contribution < 1.29 is 18.4 Å². The first-order valence-electron chi connectivity index (χ1n) is 17.7. The molecule has 0 saturated heterocycles. The average molecular weight is 658 g/mol. The Bertz CT molecular complexity index is 1220. The average Bonchev–Trinajstić information content (AvgIpc) is 3.25. The molecule has 0 aromatic heterocycles. The second-order valence-corrected chi connectivity index (χ2v) is 28.0. The fourth-order valence-electron chi connectivity index (χ4n) is 8.28. The summed E-state index contributed by atoms with van der Waals surface area (Å²) in [5, 5.41) is 0.331. The highest BCUT2D eigenvalue weighted by Gasteiger charge is 2.59. The molecule has 0 aromatic carbocycles. The van der Waals surface area contributed by atoms with Crippen LogP contribution in [-0.4, -0.2) is 66.5 Å². The van der Waals surface area contributed by atoms with E-state index in [9.17, 15) is 4.79 Å². The summed E-state index contributed by atoms with van der Waals surface area (Å²) in [5.41, 5.74) is 4.68. The van der Waals surface area contributed by atoms with Crippen LogP contribution >= 0.6 is 0 Å². The Morgan fingerprint density at radius 3 is 2.16 bits per heavy atom. The summed E-state index contributed by atoms with van der Waals surface area (Å²) in [6.07, 6.45) is 13.7. The predicted molar refractivity (Wildman–Crippen MR) is 193 cm³/mol. The van der Waals surface area contributed by atoms with Gasteiger partial charge >= 0.3 is 0 Å². The molecule has 45 heavy (non-hydrogen) atoms. The van der Waals surface area contributed by atoms with Crippen molar-refractivity contribution >= 4 is 22.5 Å². The van der Waals surface area contributed by atoms with Gasteiger partial charge in [-0.2, -0.15) is 0 Å². The zero-order valence-electron chi connectivity index (χ0n) is 31.6. The van der Waals surface area contributed by atoms with Crippen LogP contribution in [0.5, 0.6) is 0 Å². The summed E-state index contributed by atoms with van der Waals surface area (Å²) in [6.45, 7) is 31.5. The lowest BCUT2D eigenvalue weighted by Crippen LogP contribution is -2.58. The molecule has 4 rings (SSSR count). The first-order chi connectivity index (χ1) is 20.5. The number of hydrogen-bond donors (Lipinski definition) is 0. The molecule has 1 amide bonds. The van der Waals surface area contributed by atoms with Crippen LogP contribution in [0.3, 0.4) is 0 Å². The monoisotopic (exact) mass is 657 g/mol. The van der Waals surface area contributed by atoms with E-state index in [1.165, 1.54) is 12.0 Å². The van der Waals surface area contributed by atoms with E-state index in [1.54, 1.807) is 16.0 Å². The smallest absolute Gasteiger partial charge is 0.224 e. The maximum absolute atomic E-state index is 12.1. The Hall–Kier alpha value is -0.996. The van der Waals surface area contributed by atoms with Crippen LogP contribution in [0.15, 0.2) is 34.9 Å². The lowest BCUT2D eigenvalue weighted by Gasteiger charge is -2.59. The molecule has 0 spiro atoms. The van der Waals surface area contributed by atoms with Crippen LogP contribution in [-0.2, 0) is 18.4 Å². The van der Waals surface area contributed by atoms with Crippen molar-refractivity contribution in [2.75, 3.05) is 20.7 Å². The minimum Gasteiger partial charge on any atom is -0.414 e. The molecule has 0 heterocycles. The molecule has 4 aliphatic rings. The first-order valence-corrected chi connectivity index (χ1v) is 23.6. The maximum Gasteiger partial charge on any atom is 0.224 e. The molecule has 0 unspecified atom stereocenters. The van der Waals surface area contributed by atoms with Crippen LogP contribution in [0.4, 0.5) is 0 Å². The third kappa shape index (κ3) is 6.81. The Labute approximate surface area is 278 Å². The summed E-state index contributed by atoms with van der Waals surface area (Å²) in [6, 6.07) is 0. The summed E-state index contributed by atoms with van der Waals surface area (Å²) >= 11 is 0. The fourth-order valence-corrected chi connectivity index (χ4v) is 11.1. The van der Waals surface area contributed by atoms with Gasteiger partial charge in [0, 0.05) is 19.5 Å². The van der Waals surface area contributed by atoms with Gasteiger partial charge in [-0.15, -0.1) is 0 Å². The SMILES string of the molecule is C[C@H](OCCC(=O)N(C)C)C1=CC[C@H]2C3=CC=C4C[C@@H](O[Si](C)(C)C(C)(C)C)C[C@H](O[Si](C)(C)C(C)(C)C)[C@]4(C)[C@H]3CC[C@]12C. The third-order valence-electron chi connectivity index (χ3n) is 13.4. The quantitative estimate of drug-likeness (QED) is 0.183. The van der Waals surface area contributed by atoms with Crippen LogP contribution in [0.2, 0.25) is 36.3 Å². The topological polar surface area (TPSA) is 48.0 Å². The molecule has 4 aliphatic carbocycles. The second kappa shape index (κ2) is 12.5. The number of carbonyl (C=O) groups is 1. The van der Waals surface area contributed by atoms with Crippen molar-refractivity contribution in [1.82, 2.24) is 4.90 Å². The van der Waals surface area contributed by atoms with Gasteiger partial charge < -0.3 is 18.5 Å². The summed E-state index contributed by atoms with van der Waals surface area (Å²) in [7, 11) is -0.347. The molecule has 0 aliphatic heterocycles. The van der Waals surface area contributed by atoms with E-state index in [2.05, 4.69) is 107 Å². The Balaban J connectivity index is 1.63. The third-order valence-corrected chi connectivity index (χ3v) is 22.4. The molecule has 0 bridgehead atoms. The molecule has 2 saturated carbocycles. The van der Waals surface area contributed by atoms with Gasteiger partial charge in [0.05, 0.1) is 31.3 Å². The van der Waals surface area contributed by atoms with E-state index in [0.717, 1.165) is 25.7 Å². The molecule has 7 heteroatoms. The Kier molecular flexibility index (Phi) is 10.2. The van der Waals surface area contributed by atoms with E-state index < -0.39 is 16.6 Å². The van der Waals surface area contributed by atoms with Crippen molar-refractivity contribution in [2.45, 2.75) is 155 Å². The summed E-state index contributed by atoms with van der Waals surface area (Å²) in [5.74, 6) is 1.10. The van der Waals surface area contributed by atoms with Crippen LogP contribution in [0.1, 0.15) is 101 Å². The number of allylic oxidation sites excluding steroid dienone is 4. The van der Waals surface area contributed by atoms with Crippen LogP contribution < -0.4 is 0 Å². The van der Waals surface area contributed by atoms with Crippen molar-refractivity contribution in [2.24, 2.45) is 22.7 Å². The lowest BCUT2D eigenvalue weighted by molar-refractivity contribution is -0.130. The van der Waals surface area contributed by atoms with Gasteiger partial charge in [-0.05, 0) is 98.1 Å².